The third-order valence-corrected chi connectivity index (χ3v) is 6.20. The molecule has 1 N–H and O–H groups in total. The van der Waals surface area contributed by atoms with E-state index in [2.05, 4.69) is 20.3 Å². The third-order valence-electron chi connectivity index (χ3n) is 6.20. The van der Waals surface area contributed by atoms with Crippen molar-refractivity contribution in [3.63, 3.8) is 0 Å². The van der Waals surface area contributed by atoms with Crippen molar-refractivity contribution in [3.05, 3.63) is 71.6 Å². The van der Waals surface area contributed by atoms with Gasteiger partial charge in [-0.2, -0.15) is 0 Å². The maximum absolute atomic E-state index is 14.7. The topological polar surface area (TPSA) is 84.8 Å². The number of ketones is 1. The number of hydrogen-bond donors (Lipinski definition) is 1. The molecule has 0 bridgehead atoms. The number of nitrogens with zero attached hydrogens (tertiary/aromatic N) is 3. The van der Waals surface area contributed by atoms with Crippen LogP contribution in [0.3, 0.4) is 0 Å². The Morgan fingerprint density at radius 3 is 2.50 bits per heavy atom. The molecule has 1 fully saturated rings. The number of halogens is 2. The molecule has 2 heterocycles. The van der Waals surface area contributed by atoms with Gasteiger partial charge >= 0.3 is 0 Å². The Hall–Kier alpha value is -3.55. The maximum atomic E-state index is 14.7. The third kappa shape index (κ3) is 4.85. The van der Waals surface area contributed by atoms with Gasteiger partial charge < -0.3 is 5.32 Å². The van der Waals surface area contributed by atoms with Gasteiger partial charge in [0, 0.05) is 53.9 Å². The van der Waals surface area contributed by atoms with Crippen LogP contribution in [0, 0.1) is 17.6 Å². The Bertz CT molecular complexity index is 1230. The number of carbonyl (C=O) groups excluding carboxylic acids is 2. The zero-order valence-corrected chi connectivity index (χ0v) is 19.3. The van der Waals surface area contributed by atoms with Gasteiger partial charge in [-0.15, -0.1) is 0 Å². The second-order valence-electron chi connectivity index (χ2n) is 9.02. The highest BCUT2D eigenvalue weighted by atomic mass is 19.1. The summed E-state index contributed by atoms with van der Waals surface area (Å²) in [5.41, 5.74) is 1.42. The summed E-state index contributed by atoms with van der Waals surface area (Å²) in [4.78, 5) is 38.2. The molecule has 1 aromatic carbocycles. The summed E-state index contributed by atoms with van der Waals surface area (Å²) in [5.74, 6) is -1.04. The highest BCUT2D eigenvalue weighted by molar-refractivity contribution is 6.06. The number of carbonyl (C=O) groups is 2. The van der Waals surface area contributed by atoms with Crippen LogP contribution in [0.4, 0.5) is 14.5 Å². The van der Waals surface area contributed by atoms with Crippen molar-refractivity contribution in [1.82, 2.24) is 15.0 Å². The quantitative estimate of drug-likeness (QED) is 0.526. The molecule has 6 nitrogen and oxygen atoms in total. The smallest absolute Gasteiger partial charge is 0.258 e. The fourth-order valence-corrected chi connectivity index (χ4v) is 4.27. The van der Waals surface area contributed by atoms with E-state index < -0.39 is 17.5 Å². The van der Waals surface area contributed by atoms with Crippen molar-refractivity contribution in [2.45, 2.75) is 51.9 Å². The molecule has 0 aliphatic heterocycles. The van der Waals surface area contributed by atoms with E-state index in [1.165, 1.54) is 18.6 Å². The van der Waals surface area contributed by atoms with Crippen LogP contribution in [0.15, 0.2) is 42.9 Å². The van der Waals surface area contributed by atoms with Crippen LogP contribution < -0.4 is 5.32 Å². The number of pyridine rings is 1. The minimum atomic E-state index is -0.620. The lowest BCUT2D eigenvalue weighted by Crippen LogP contribution is -2.24. The fourth-order valence-electron chi connectivity index (χ4n) is 4.27. The molecule has 1 aliphatic rings. The molecule has 4 rings (SSSR count). The van der Waals surface area contributed by atoms with Crippen molar-refractivity contribution >= 4 is 17.4 Å². The number of amides is 1. The Balaban J connectivity index is 1.78. The first-order chi connectivity index (χ1) is 16.2. The number of benzene rings is 1. The zero-order chi connectivity index (χ0) is 24.4. The summed E-state index contributed by atoms with van der Waals surface area (Å²) >= 11 is 0. The summed E-state index contributed by atoms with van der Waals surface area (Å²) in [7, 11) is 0. The van der Waals surface area contributed by atoms with Gasteiger partial charge in [0.05, 0.1) is 16.9 Å². The van der Waals surface area contributed by atoms with Crippen LogP contribution in [0.5, 0.6) is 0 Å². The van der Waals surface area contributed by atoms with Gasteiger partial charge in [0.2, 0.25) is 0 Å². The van der Waals surface area contributed by atoms with E-state index in [1.54, 1.807) is 6.07 Å². The molecule has 34 heavy (non-hydrogen) atoms. The molecule has 2 atom stereocenters. The molecular formula is C26H26F2N4O2. The number of hydrogen-bond acceptors (Lipinski definition) is 5. The standard InChI is InChI=1S/C26H26F2N4O2/c1-14(2)25-30-12-17(13-31-25)26(34)32-24-19(20-11-18(27)5-6-21(20)28)8-9-29-23(24)16-4-7-22(33)15(3)10-16/h5-6,8-9,11-16H,4,7,10H2,1-3H3,(H,32,34). The Morgan fingerprint density at radius 2 is 1.82 bits per heavy atom. The van der Waals surface area contributed by atoms with E-state index in [0.29, 0.717) is 42.0 Å². The molecule has 0 saturated heterocycles. The largest absolute Gasteiger partial charge is 0.320 e. The van der Waals surface area contributed by atoms with Crippen molar-refractivity contribution in [3.8, 4) is 11.1 Å². The van der Waals surface area contributed by atoms with Gasteiger partial charge in [-0.05, 0) is 37.1 Å². The predicted molar refractivity (Wildman–Crippen MR) is 124 cm³/mol. The molecule has 8 heteroatoms. The summed E-state index contributed by atoms with van der Waals surface area (Å²) in [6.45, 7) is 5.77. The van der Waals surface area contributed by atoms with Crippen LogP contribution in [0.1, 0.15) is 73.7 Å². The van der Waals surface area contributed by atoms with Gasteiger partial charge in [0.15, 0.2) is 0 Å². The maximum Gasteiger partial charge on any atom is 0.258 e. The van der Waals surface area contributed by atoms with E-state index in [0.717, 1.165) is 18.2 Å². The summed E-state index contributed by atoms with van der Waals surface area (Å²) in [6, 6.07) is 4.74. The molecule has 1 aliphatic carbocycles. The number of aromatic nitrogens is 3. The average Bonchev–Trinajstić information content (AvgIpc) is 2.82. The second-order valence-corrected chi connectivity index (χ2v) is 9.02. The normalized spacial score (nSPS) is 18.2. The van der Waals surface area contributed by atoms with Crippen LogP contribution >= 0.6 is 0 Å². The first kappa shape index (κ1) is 23.6. The Morgan fingerprint density at radius 1 is 1.09 bits per heavy atom. The lowest BCUT2D eigenvalue weighted by Gasteiger charge is -2.28. The monoisotopic (exact) mass is 464 g/mol. The van der Waals surface area contributed by atoms with E-state index >= 15 is 0 Å². The molecule has 0 spiro atoms. The van der Waals surface area contributed by atoms with Gasteiger partial charge in [0.25, 0.3) is 5.91 Å². The molecule has 176 valence electrons. The van der Waals surface area contributed by atoms with Gasteiger partial charge in [-0.25, -0.2) is 18.7 Å². The van der Waals surface area contributed by atoms with Gasteiger partial charge in [0.1, 0.15) is 23.2 Å². The molecular weight excluding hydrogens is 438 g/mol. The lowest BCUT2D eigenvalue weighted by molar-refractivity contribution is -0.124. The van der Waals surface area contributed by atoms with Crippen LogP contribution in [-0.4, -0.2) is 26.6 Å². The number of nitrogens with one attached hydrogen (secondary N) is 1. The SMILES string of the molecule is CC1CC(c2nccc(-c3cc(F)ccc3F)c2NC(=O)c2cnc(C(C)C)nc2)CCC1=O. The second kappa shape index (κ2) is 9.75. The van der Waals surface area contributed by atoms with E-state index in [1.807, 2.05) is 20.8 Å². The van der Waals surface area contributed by atoms with Crippen LogP contribution in [0.2, 0.25) is 0 Å². The average molecular weight is 465 g/mol. The van der Waals surface area contributed by atoms with E-state index in [-0.39, 0.29) is 34.7 Å². The molecule has 1 amide bonds. The van der Waals surface area contributed by atoms with Gasteiger partial charge in [-0.1, -0.05) is 20.8 Å². The number of rotatable bonds is 5. The van der Waals surface area contributed by atoms with E-state index in [9.17, 15) is 18.4 Å². The summed E-state index contributed by atoms with van der Waals surface area (Å²) in [6.07, 6.45) is 5.95. The van der Waals surface area contributed by atoms with Crippen molar-refractivity contribution in [2.75, 3.05) is 5.32 Å². The van der Waals surface area contributed by atoms with Crippen molar-refractivity contribution in [1.29, 1.82) is 0 Å². The van der Waals surface area contributed by atoms with Crippen LogP contribution in [-0.2, 0) is 4.79 Å². The minimum Gasteiger partial charge on any atom is -0.320 e. The molecule has 2 aromatic heterocycles. The number of anilines is 1. The zero-order valence-electron chi connectivity index (χ0n) is 19.3. The highest BCUT2D eigenvalue weighted by Crippen LogP contribution is 2.41. The van der Waals surface area contributed by atoms with Crippen molar-refractivity contribution < 1.29 is 18.4 Å². The van der Waals surface area contributed by atoms with E-state index in [4.69, 9.17) is 0 Å². The molecule has 1 saturated carbocycles. The fraction of sp³-hybridized carbons (Fsp3) is 0.346. The minimum absolute atomic E-state index is 0.0188. The lowest BCUT2D eigenvalue weighted by atomic mass is 9.79. The van der Waals surface area contributed by atoms with Crippen LogP contribution in [0.25, 0.3) is 11.1 Å². The molecule has 0 radical (unpaired) electrons. The molecule has 3 aromatic rings. The van der Waals surface area contributed by atoms with Crippen molar-refractivity contribution in [2.24, 2.45) is 5.92 Å². The first-order valence-corrected chi connectivity index (χ1v) is 11.3. The Labute approximate surface area is 196 Å². The predicted octanol–water partition coefficient (Wildman–Crippen LogP) is 5.67. The van der Waals surface area contributed by atoms with Gasteiger partial charge in [-0.3, -0.25) is 14.6 Å². The number of Topliss-reactive ketones (excluding diaryl/α,β-unsaturated/α-hetero) is 1. The highest BCUT2D eigenvalue weighted by Gasteiger charge is 2.30. The Kier molecular flexibility index (Phi) is 6.77. The molecule has 2 unspecified atom stereocenters. The summed E-state index contributed by atoms with van der Waals surface area (Å²) in [5, 5.41) is 2.86. The first-order valence-electron chi connectivity index (χ1n) is 11.3. The summed E-state index contributed by atoms with van der Waals surface area (Å²) < 4.78 is 28.8.